The van der Waals surface area contributed by atoms with E-state index in [1.54, 1.807) is 20.8 Å². The van der Waals surface area contributed by atoms with Crippen LogP contribution in [-0.2, 0) is 52.7 Å². The maximum atomic E-state index is 13.3. The molecule has 0 rings (SSSR count). The second-order valence-corrected chi connectivity index (χ2v) is 12.8. The Hall–Kier alpha value is -5.87. The Labute approximate surface area is 314 Å². The highest BCUT2D eigenvalue weighted by atomic mass is 16.4. The van der Waals surface area contributed by atoms with Crippen molar-refractivity contribution in [3.05, 3.63) is 0 Å². The third-order valence-corrected chi connectivity index (χ3v) is 8.30. The Morgan fingerprint density at radius 1 is 0.455 bits per heavy atom. The van der Waals surface area contributed by atoms with Gasteiger partial charge in [-0.05, 0) is 25.2 Å². The number of carbonyl (C=O) groups is 11. The van der Waals surface area contributed by atoms with Crippen molar-refractivity contribution in [3.63, 3.8) is 0 Å². The van der Waals surface area contributed by atoms with Gasteiger partial charge in [-0.25, -0.2) is 4.79 Å². The number of nitrogens with two attached hydrogens (primary N) is 1. The Morgan fingerprint density at radius 2 is 0.764 bits per heavy atom. The molecule has 0 unspecified atom stereocenters. The fourth-order valence-electron chi connectivity index (χ4n) is 4.69. The summed E-state index contributed by atoms with van der Waals surface area (Å²) in [6, 6.07) is -11.7. The number of nitrogens with one attached hydrogen (secondary N) is 6. The summed E-state index contributed by atoms with van der Waals surface area (Å²) in [6.45, 7) is 7.64. The van der Waals surface area contributed by atoms with Crippen LogP contribution in [0.1, 0.15) is 79.6 Å². The predicted octanol–water partition coefficient (Wildman–Crippen LogP) is -3.29. The SMILES string of the molecule is CC[C@H](C)[C@H](NC(=O)[C@H](C)N)C(=O)N[C@@H](CC(=O)O)C(=O)N[C@@H](CC(=O)O)C(=O)N[C@@H](CC(=O)O)C(=O)N[C@H](C(=O)N[C@@H](CCC(=O)O)C(=O)O)[C@@H](C)CC. The number of carboxylic acids is 5. The Bertz CT molecular complexity index is 1450. The molecule has 310 valence electrons. The predicted molar refractivity (Wildman–Crippen MR) is 185 cm³/mol. The van der Waals surface area contributed by atoms with Crippen molar-refractivity contribution in [2.75, 3.05) is 0 Å². The highest BCUT2D eigenvalue weighted by Gasteiger charge is 2.37. The maximum Gasteiger partial charge on any atom is 0.326 e. The Kier molecular flexibility index (Phi) is 21.2. The molecule has 0 aliphatic rings. The third kappa shape index (κ3) is 18.1. The fourth-order valence-corrected chi connectivity index (χ4v) is 4.69. The highest BCUT2D eigenvalue weighted by Crippen LogP contribution is 2.12. The van der Waals surface area contributed by atoms with Gasteiger partial charge in [0.25, 0.3) is 0 Å². The molecule has 0 aromatic rings. The fraction of sp³-hybridized carbons (Fsp3) is 0.656. The minimum absolute atomic E-state index is 0.193. The number of hydrogen-bond acceptors (Lipinski definition) is 12. The molecular formula is C32H51N7O16. The Balaban J connectivity index is 6.40. The van der Waals surface area contributed by atoms with Crippen LogP contribution in [-0.4, -0.2) is 133 Å². The van der Waals surface area contributed by atoms with E-state index in [0.29, 0.717) is 6.42 Å². The summed E-state index contributed by atoms with van der Waals surface area (Å²) in [5.74, 6) is -16.2. The molecule has 0 aromatic heterocycles. The van der Waals surface area contributed by atoms with E-state index in [4.69, 9.17) is 10.8 Å². The van der Waals surface area contributed by atoms with Gasteiger partial charge in [0.1, 0.15) is 36.3 Å². The monoisotopic (exact) mass is 789 g/mol. The molecule has 0 saturated carbocycles. The van der Waals surface area contributed by atoms with Crippen LogP contribution in [0.2, 0.25) is 0 Å². The van der Waals surface area contributed by atoms with Gasteiger partial charge >= 0.3 is 29.8 Å². The zero-order valence-electron chi connectivity index (χ0n) is 31.0. The van der Waals surface area contributed by atoms with Crippen molar-refractivity contribution in [3.8, 4) is 0 Å². The molecule has 23 heteroatoms. The van der Waals surface area contributed by atoms with Crippen LogP contribution < -0.4 is 37.6 Å². The van der Waals surface area contributed by atoms with Crippen molar-refractivity contribution < 1.29 is 78.3 Å². The van der Waals surface area contributed by atoms with Crippen LogP contribution in [0.4, 0.5) is 0 Å². The molecule has 0 bridgehead atoms. The second kappa shape index (κ2) is 23.7. The van der Waals surface area contributed by atoms with Gasteiger partial charge in [0.15, 0.2) is 0 Å². The van der Waals surface area contributed by atoms with E-state index in [2.05, 4.69) is 21.3 Å². The third-order valence-electron chi connectivity index (χ3n) is 8.30. The summed E-state index contributed by atoms with van der Waals surface area (Å²) in [6.07, 6.45) is -4.07. The Morgan fingerprint density at radius 3 is 1.05 bits per heavy atom. The van der Waals surface area contributed by atoms with E-state index >= 15 is 0 Å². The normalized spacial score (nSPS) is 15.7. The van der Waals surface area contributed by atoms with Crippen molar-refractivity contribution in [2.24, 2.45) is 17.6 Å². The lowest BCUT2D eigenvalue weighted by atomic mass is 9.97. The van der Waals surface area contributed by atoms with E-state index in [-0.39, 0.29) is 6.42 Å². The van der Waals surface area contributed by atoms with E-state index in [1.165, 1.54) is 13.8 Å². The van der Waals surface area contributed by atoms with Crippen molar-refractivity contribution in [1.82, 2.24) is 31.9 Å². The minimum atomic E-state index is -2.11. The van der Waals surface area contributed by atoms with Crippen LogP contribution >= 0.6 is 0 Å². The first-order valence-corrected chi connectivity index (χ1v) is 17.1. The molecule has 13 N–H and O–H groups in total. The average molecular weight is 790 g/mol. The summed E-state index contributed by atoms with van der Waals surface area (Å²) in [5.41, 5.74) is 5.56. The lowest BCUT2D eigenvalue weighted by Crippen LogP contribution is -2.61. The van der Waals surface area contributed by atoms with Crippen molar-refractivity contribution in [2.45, 2.75) is 122 Å². The van der Waals surface area contributed by atoms with Gasteiger partial charge in [-0.3, -0.25) is 47.9 Å². The van der Waals surface area contributed by atoms with Crippen LogP contribution in [0.15, 0.2) is 0 Å². The number of amides is 6. The van der Waals surface area contributed by atoms with Gasteiger partial charge in [0.05, 0.1) is 25.3 Å². The van der Waals surface area contributed by atoms with Crippen LogP contribution in [0.25, 0.3) is 0 Å². The maximum absolute atomic E-state index is 13.3. The average Bonchev–Trinajstić information content (AvgIpc) is 3.08. The molecule has 0 radical (unpaired) electrons. The smallest absolute Gasteiger partial charge is 0.326 e. The summed E-state index contributed by atoms with van der Waals surface area (Å²) < 4.78 is 0. The highest BCUT2D eigenvalue weighted by molar-refractivity contribution is 5.99. The summed E-state index contributed by atoms with van der Waals surface area (Å²) in [7, 11) is 0. The van der Waals surface area contributed by atoms with Gasteiger partial charge in [-0.15, -0.1) is 0 Å². The summed E-state index contributed by atoms with van der Waals surface area (Å²) >= 11 is 0. The largest absolute Gasteiger partial charge is 0.481 e. The van der Waals surface area contributed by atoms with E-state index < -0.39 is 152 Å². The molecule has 0 aromatic carbocycles. The molecular weight excluding hydrogens is 738 g/mol. The van der Waals surface area contributed by atoms with Gasteiger partial charge in [-0.1, -0.05) is 40.5 Å². The number of carbonyl (C=O) groups excluding carboxylic acids is 6. The van der Waals surface area contributed by atoms with Gasteiger partial charge in [-0.2, -0.15) is 0 Å². The molecule has 0 saturated heterocycles. The lowest BCUT2D eigenvalue weighted by molar-refractivity contribution is -0.145. The van der Waals surface area contributed by atoms with Gasteiger partial charge < -0.3 is 63.2 Å². The molecule has 23 nitrogen and oxygen atoms in total. The first-order valence-electron chi connectivity index (χ1n) is 17.1. The lowest BCUT2D eigenvalue weighted by Gasteiger charge is -2.28. The zero-order valence-corrected chi connectivity index (χ0v) is 31.0. The van der Waals surface area contributed by atoms with Crippen molar-refractivity contribution >= 4 is 65.3 Å². The molecule has 55 heavy (non-hydrogen) atoms. The van der Waals surface area contributed by atoms with Crippen LogP contribution in [0, 0.1) is 11.8 Å². The number of rotatable bonds is 26. The topological polar surface area (TPSA) is 387 Å². The summed E-state index contributed by atoms with van der Waals surface area (Å²) in [5, 5.41) is 59.5. The standard InChI is InChI=1S/C32H51N7O16/c1-6-13(3)24(38-26(48)15(5)33)31(53)37-18(11-22(44)45)28(50)35-17(10-21(42)43)27(49)36-19(12-23(46)47)29(51)39-25(14(4)7-2)30(52)34-16(32(54)55)8-9-20(40)41/h13-19,24-25H,6-12,33H2,1-5H3,(H,34,52)(H,35,50)(H,36,49)(H,37,53)(H,38,48)(H,39,51)(H,40,41)(H,42,43)(H,44,45)(H,46,47)(H,54,55)/t13-,14-,15-,16-,17-,18-,19-,24-,25-/m0/s1. The summed E-state index contributed by atoms with van der Waals surface area (Å²) in [4.78, 5) is 136. The van der Waals surface area contributed by atoms with Crippen LogP contribution in [0.5, 0.6) is 0 Å². The van der Waals surface area contributed by atoms with Gasteiger partial charge in [0, 0.05) is 6.42 Å². The quantitative estimate of drug-likeness (QED) is 0.0408. The van der Waals surface area contributed by atoms with Crippen LogP contribution in [0.3, 0.4) is 0 Å². The number of carboxylic acid groups (broad SMARTS) is 5. The van der Waals surface area contributed by atoms with Gasteiger partial charge in [0.2, 0.25) is 35.4 Å². The molecule has 0 spiro atoms. The van der Waals surface area contributed by atoms with E-state index in [1.807, 2.05) is 10.6 Å². The number of hydrogen-bond donors (Lipinski definition) is 12. The molecule has 0 aliphatic carbocycles. The zero-order chi connectivity index (χ0) is 42.7. The molecule has 9 atom stereocenters. The molecule has 0 fully saturated rings. The first-order chi connectivity index (χ1) is 25.4. The van der Waals surface area contributed by atoms with E-state index in [9.17, 15) is 73.2 Å². The number of aliphatic carboxylic acids is 5. The molecule has 0 aliphatic heterocycles. The van der Waals surface area contributed by atoms with E-state index in [0.717, 1.165) is 0 Å². The molecule has 6 amide bonds. The second-order valence-electron chi connectivity index (χ2n) is 12.8. The minimum Gasteiger partial charge on any atom is -0.481 e. The first kappa shape index (κ1) is 49.1. The molecule has 0 heterocycles. The van der Waals surface area contributed by atoms with Crippen molar-refractivity contribution in [1.29, 1.82) is 0 Å².